The van der Waals surface area contributed by atoms with Crippen molar-refractivity contribution in [1.82, 2.24) is 15.6 Å². The molecule has 0 atom stereocenters. The van der Waals surface area contributed by atoms with Gasteiger partial charge in [-0.2, -0.15) is 13.5 Å². The summed E-state index contributed by atoms with van der Waals surface area (Å²) in [6.45, 7) is 5.58. The number of nitrogens with one attached hydrogen (secondary N) is 2. The van der Waals surface area contributed by atoms with Gasteiger partial charge >= 0.3 is 6.09 Å². The minimum atomic E-state index is -4.36. The number of hydrogen-bond donors (Lipinski definition) is 3. The molecule has 0 saturated heterocycles. The summed E-state index contributed by atoms with van der Waals surface area (Å²) in [7, 11) is -4.36. The molecule has 0 aliphatic rings. The minimum Gasteiger partial charge on any atom is -0.444 e. The van der Waals surface area contributed by atoms with Crippen LogP contribution in [0.3, 0.4) is 0 Å². The summed E-state index contributed by atoms with van der Waals surface area (Å²) >= 11 is 0. The lowest BCUT2D eigenvalue weighted by molar-refractivity contribution is 0.0526. The molecular formula is C20H25N5O6S. The lowest BCUT2D eigenvalue weighted by atomic mass is 10.2. The van der Waals surface area contributed by atoms with E-state index in [1.165, 1.54) is 36.5 Å². The van der Waals surface area contributed by atoms with Gasteiger partial charge in [0.1, 0.15) is 5.60 Å². The second-order valence-electron chi connectivity index (χ2n) is 7.57. The Morgan fingerprint density at radius 1 is 1.09 bits per heavy atom. The summed E-state index contributed by atoms with van der Waals surface area (Å²) in [5.74, 6) is -0.161. The molecule has 0 radical (unpaired) electrons. The fourth-order valence-corrected chi connectivity index (χ4v) is 3.12. The molecule has 2 aromatic rings. The lowest BCUT2D eigenvalue weighted by Gasteiger charge is -2.19. The number of nitrogens with zero attached hydrogens (tertiary/aromatic N) is 3. The highest BCUT2D eigenvalue weighted by molar-refractivity contribution is 7.85. The maximum atomic E-state index is 12.1. The van der Waals surface area contributed by atoms with Gasteiger partial charge in [-0.25, -0.2) is 9.78 Å². The van der Waals surface area contributed by atoms with Gasteiger partial charge in [0.15, 0.2) is 5.82 Å². The number of pyridine rings is 1. The summed E-state index contributed by atoms with van der Waals surface area (Å²) in [5.41, 5.74) is -0.0226. The van der Waals surface area contributed by atoms with Gasteiger partial charge in [0.25, 0.3) is 16.0 Å². The third-order valence-electron chi connectivity index (χ3n) is 3.75. The monoisotopic (exact) mass is 463 g/mol. The molecule has 2 rings (SSSR count). The van der Waals surface area contributed by atoms with Crippen molar-refractivity contribution in [3.05, 3.63) is 53.7 Å². The fourth-order valence-electron chi connectivity index (χ4n) is 2.41. The maximum Gasteiger partial charge on any atom is 0.407 e. The van der Waals surface area contributed by atoms with Crippen LogP contribution in [0.1, 0.15) is 36.7 Å². The highest BCUT2D eigenvalue weighted by Gasteiger charge is 2.16. The molecule has 12 heteroatoms. The Morgan fingerprint density at radius 3 is 2.41 bits per heavy atom. The van der Waals surface area contributed by atoms with Crippen molar-refractivity contribution in [3.8, 4) is 0 Å². The Hall–Kier alpha value is -3.38. The Balaban J connectivity index is 1.84. The van der Waals surface area contributed by atoms with E-state index in [0.717, 1.165) is 0 Å². The van der Waals surface area contributed by atoms with Crippen LogP contribution in [0.25, 0.3) is 0 Å². The summed E-state index contributed by atoms with van der Waals surface area (Å²) in [5, 5.41) is 13.0. The first-order valence-electron chi connectivity index (χ1n) is 9.60. The van der Waals surface area contributed by atoms with Gasteiger partial charge in [-0.15, -0.1) is 5.11 Å². The summed E-state index contributed by atoms with van der Waals surface area (Å²) in [6.07, 6.45) is 0.749. The molecule has 172 valence electrons. The zero-order valence-electron chi connectivity index (χ0n) is 17.9. The molecule has 0 unspecified atom stereocenters. The summed E-state index contributed by atoms with van der Waals surface area (Å²) in [6, 6.07) is 8.88. The number of ether oxygens (including phenoxy) is 1. The van der Waals surface area contributed by atoms with Crippen LogP contribution in [0.4, 0.5) is 10.6 Å². The highest BCUT2D eigenvalue weighted by Crippen LogP contribution is 2.17. The average Bonchev–Trinajstić information content (AvgIpc) is 2.70. The number of hydrogen-bond acceptors (Lipinski definition) is 8. The van der Waals surface area contributed by atoms with Gasteiger partial charge < -0.3 is 15.4 Å². The topological polar surface area (TPSA) is 159 Å². The first-order chi connectivity index (χ1) is 15.0. The van der Waals surface area contributed by atoms with Crippen molar-refractivity contribution in [2.24, 2.45) is 10.2 Å². The lowest BCUT2D eigenvalue weighted by Crippen LogP contribution is -2.37. The maximum absolute atomic E-state index is 12.1. The first-order valence-corrected chi connectivity index (χ1v) is 11.0. The molecular weight excluding hydrogens is 438 g/mol. The predicted molar refractivity (Wildman–Crippen MR) is 115 cm³/mol. The quantitative estimate of drug-likeness (QED) is 0.308. The van der Waals surface area contributed by atoms with E-state index >= 15 is 0 Å². The van der Waals surface area contributed by atoms with Gasteiger partial charge in [0.05, 0.1) is 17.0 Å². The normalized spacial score (nSPS) is 11.9. The molecule has 1 aromatic carbocycles. The van der Waals surface area contributed by atoms with Gasteiger partial charge in [-0.05, 0) is 44.5 Å². The van der Waals surface area contributed by atoms with Crippen LogP contribution in [-0.2, 0) is 21.4 Å². The second-order valence-corrected chi connectivity index (χ2v) is 8.96. The average molecular weight is 464 g/mol. The SMILES string of the molecule is CC(C)(C)OC(=O)NCCNC(=O)c1ccc(N=NCc2ccccc2S(=O)(=O)O)nc1. The van der Waals surface area contributed by atoms with Crippen molar-refractivity contribution in [2.45, 2.75) is 37.8 Å². The summed E-state index contributed by atoms with van der Waals surface area (Å²) < 4.78 is 37.1. The second kappa shape index (κ2) is 10.8. The molecule has 1 heterocycles. The van der Waals surface area contributed by atoms with Crippen molar-refractivity contribution in [3.63, 3.8) is 0 Å². The zero-order valence-corrected chi connectivity index (χ0v) is 18.7. The molecule has 11 nitrogen and oxygen atoms in total. The Bertz CT molecular complexity index is 1080. The third-order valence-corrected chi connectivity index (χ3v) is 4.71. The number of carbonyl (C=O) groups is 2. The smallest absolute Gasteiger partial charge is 0.407 e. The van der Waals surface area contributed by atoms with E-state index in [1.54, 1.807) is 26.8 Å². The molecule has 0 fully saturated rings. The van der Waals surface area contributed by atoms with Gasteiger partial charge in [0, 0.05) is 19.3 Å². The predicted octanol–water partition coefficient (Wildman–Crippen LogP) is 2.87. The van der Waals surface area contributed by atoms with Crippen LogP contribution in [0.15, 0.2) is 57.7 Å². The number of aromatic nitrogens is 1. The van der Waals surface area contributed by atoms with Gasteiger partial charge in [0.2, 0.25) is 0 Å². The molecule has 0 saturated carbocycles. The van der Waals surface area contributed by atoms with E-state index in [0.29, 0.717) is 0 Å². The highest BCUT2D eigenvalue weighted by atomic mass is 32.2. The van der Waals surface area contributed by atoms with E-state index in [4.69, 9.17) is 4.74 Å². The van der Waals surface area contributed by atoms with Crippen molar-refractivity contribution >= 4 is 27.9 Å². The molecule has 0 bridgehead atoms. The zero-order chi connectivity index (χ0) is 23.8. The standard InChI is InChI=1S/C20H25N5O6S/c1-20(2,3)31-19(27)22-11-10-21-18(26)15-8-9-17(23-12-15)25-24-13-14-6-4-5-7-16(14)32(28,29)30/h4-9,12H,10-11,13H2,1-3H3,(H,21,26)(H,22,27)(H,28,29,30). The summed E-state index contributed by atoms with van der Waals surface area (Å²) in [4.78, 5) is 27.5. The van der Waals surface area contributed by atoms with Crippen LogP contribution < -0.4 is 10.6 Å². The molecule has 1 aromatic heterocycles. The number of benzene rings is 1. The molecule has 0 aliphatic carbocycles. The Labute approximate surface area is 186 Å². The Kier molecular flexibility index (Phi) is 8.38. The van der Waals surface area contributed by atoms with Crippen molar-refractivity contribution in [1.29, 1.82) is 0 Å². The number of amides is 2. The number of rotatable bonds is 8. The molecule has 2 amide bonds. The van der Waals surface area contributed by atoms with Crippen LogP contribution in [0, 0.1) is 0 Å². The molecule has 3 N–H and O–H groups in total. The molecule has 0 aliphatic heterocycles. The fraction of sp³-hybridized carbons (Fsp3) is 0.350. The van der Waals surface area contributed by atoms with Crippen LogP contribution >= 0.6 is 0 Å². The van der Waals surface area contributed by atoms with E-state index in [9.17, 15) is 22.6 Å². The van der Waals surface area contributed by atoms with Crippen LogP contribution in [-0.4, -0.2) is 48.6 Å². The van der Waals surface area contributed by atoms with Gasteiger partial charge in [-0.3, -0.25) is 9.35 Å². The molecule has 0 spiro atoms. The third kappa shape index (κ3) is 8.40. The van der Waals surface area contributed by atoms with E-state index < -0.39 is 21.8 Å². The Morgan fingerprint density at radius 2 is 1.78 bits per heavy atom. The van der Waals surface area contributed by atoms with Crippen LogP contribution in [0.2, 0.25) is 0 Å². The van der Waals surface area contributed by atoms with E-state index in [2.05, 4.69) is 25.8 Å². The van der Waals surface area contributed by atoms with E-state index in [1.807, 2.05) is 0 Å². The first kappa shape index (κ1) is 24.9. The number of carbonyl (C=O) groups excluding carboxylic acids is 2. The largest absolute Gasteiger partial charge is 0.444 e. The van der Waals surface area contributed by atoms with E-state index in [-0.39, 0.29) is 47.4 Å². The molecule has 32 heavy (non-hydrogen) atoms. The number of alkyl carbamates (subject to hydrolysis) is 1. The van der Waals surface area contributed by atoms with Crippen LogP contribution in [0.5, 0.6) is 0 Å². The van der Waals surface area contributed by atoms with Crippen molar-refractivity contribution in [2.75, 3.05) is 13.1 Å². The minimum absolute atomic E-state index is 0.0788. The van der Waals surface area contributed by atoms with Gasteiger partial charge in [-0.1, -0.05) is 18.2 Å². The van der Waals surface area contributed by atoms with Crippen molar-refractivity contribution < 1.29 is 27.3 Å². The number of azo groups is 1.